The van der Waals surface area contributed by atoms with Crippen LogP contribution in [0.1, 0.15) is 10.4 Å². The van der Waals surface area contributed by atoms with Crippen LogP contribution < -0.4 is 10.6 Å². The van der Waals surface area contributed by atoms with Crippen molar-refractivity contribution in [3.8, 4) is 0 Å². The van der Waals surface area contributed by atoms with Gasteiger partial charge in [-0.2, -0.15) is 5.10 Å². The predicted molar refractivity (Wildman–Crippen MR) is 69.6 cm³/mol. The molecule has 0 bridgehead atoms. The summed E-state index contributed by atoms with van der Waals surface area (Å²) in [7, 11) is 0. The summed E-state index contributed by atoms with van der Waals surface area (Å²) >= 11 is 5.78. The fourth-order valence-corrected chi connectivity index (χ4v) is 1.64. The molecule has 2 rings (SSSR count). The number of hydrogen-bond acceptors (Lipinski definition) is 3. The van der Waals surface area contributed by atoms with E-state index in [2.05, 4.69) is 20.8 Å². The number of nitrogens with zero attached hydrogens (tertiary/aromatic N) is 1. The molecule has 4 N–H and O–H groups in total. The number of hydrogen-bond donors (Lipinski definition) is 4. The van der Waals surface area contributed by atoms with Gasteiger partial charge < -0.3 is 15.7 Å². The van der Waals surface area contributed by atoms with Gasteiger partial charge in [0.2, 0.25) is 0 Å². The molecule has 1 aromatic carbocycles. The van der Waals surface area contributed by atoms with Crippen LogP contribution in [-0.4, -0.2) is 27.3 Å². The van der Waals surface area contributed by atoms with Crippen LogP contribution >= 0.6 is 11.6 Å². The lowest BCUT2D eigenvalue weighted by Gasteiger charge is -2.07. The first-order valence-electron chi connectivity index (χ1n) is 5.16. The van der Waals surface area contributed by atoms with Crippen LogP contribution in [0.5, 0.6) is 0 Å². The van der Waals surface area contributed by atoms with Crippen LogP contribution in [0.25, 0.3) is 0 Å². The number of nitrogens with one attached hydrogen (secondary N) is 3. The summed E-state index contributed by atoms with van der Waals surface area (Å²) in [5.41, 5.74) is 0.865. The zero-order chi connectivity index (χ0) is 13.8. The lowest BCUT2D eigenvalue weighted by atomic mass is 10.2. The minimum atomic E-state index is -1.13. The maximum Gasteiger partial charge on any atom is 0.337 e. The number of carboxylic acid groups (broad SMARTS) is 1. The Morgan fingerprint density at radius 3 is 2.58 bits per heavy atom. The van der Waals surface area contributed by atoms with Crippen LogP contribution in [0.3, 0.4) is 0 Å². The van der Waals surface area contributed by atoms with Gasteiger partial charge in [-0.25, -0.2) is 9.59 Å². The molecule has 2 aromatic rings. The maximum absolute atomic E-state index is 11.6. The van der Waals surface area contributed by atoms with Gasteiger partial charge in [0.05, 0.1) is 22.5 Å². The quantitative estimate of drug-likeness (QED) is 0.692. The van der Waals surface area contributed by atoms with E-state index in [1.807, 2.05) is 0 Å². The van der Waals surface area contributed by atoms with Crippen molar-refractivity contribution in [2.45, 2.75) is 0 Å². The second-order valence-electron chi connectivity index (χ2n) is 3.57. The number of benzene rings is 1. The van der Waals surface area contributed by atoms with E-state index in [4.69, 9.17) is 16.7 Å². The molecular weight excluding hydrogens is 272 g/mol. The Hall–Kier alpha value is -2.54. The highest BCUT2D eigenvalue weighted by Gasteiger charge is 2.10. The molecule has 8 heteroatoms. The highest BCUT2D eigenvalue weighted by atomic mass is 35.5. The molecule has 7 nitrogen and oxygen atoms in total. The molecular formula is C11H9ClN4O3. The van der Waals surface area contributed by atoms with Gasteiger partial charge in [-0.15, -0.1) is 0 Å². The molecule has 98 valence electrons. The molecule has 0 radical (unpaired) electrons. The molecule has 0 saturated carbocycles. The lowest BCUT2D eigenvalue weighted by molar-refractivity contribution is 0.0697. The van der Waals surface area contributed by atoms with Crippen molar-refractivity contribution in [3.05, 3.63) is 41.2 Å². The van der Waals surface area contributed by atoms with Gasteiger partial charge in [-0.1, -0.05) is 11.6 Å². The molecule has 2 amide bonds. The van der Waals surface area contributed by atoms with Crippen molar-refractivity contribution in [1.29, 1.82) is 0 Å². The molecule has 0 fully saturated rings. The molecule has 19 heavy (non-hydrogen) atoms. The first kappa shape index (κ1) is 12.9. The van der Waals surface area contributed by atoms with Crippen molar-refractivity contribution in [2.24, 2.45) is 0 Å². The van der Waals surface area contributed by atoms with Gasteiger partial charge >= 0.3 is 12.0 Å². The summed E-state index contributed by atoms with van der Waals surface area (Å²) in [6.07, 6.45) is 2.96. The summed E-state index contributed by atoms with van der Waals surface area (Å²) in [5.74, 6) is -1.13. The van der Waals surface area contributed by atoms with Gasteiger partial charge in [0.15, 0.2) is 0 Å². The van der Waals surface area contributed by atoms with E-state index in [-0.39, 0.29) is 10.6 Å². The fourth-order valence-electron chi connectivity index (χ4n) is 1.38. The van der Waals surface area contributed by atoms with Gasteiger partial charge in [0.1, 0.15) is 0 Å². The Bertz CT molecular complexity index is 612. The van der Waals surface area contributed by atoms with Gasteiger partial charge in [0, 0.05) is 11.9 Å². The molecule has 0 aliphatic carbocycles. The van der Waals surface area contributed by atoms with Crippen molar-refractivity contribution in [3.63, 3.8) is 0 Å². The summed E-state index contributed by atoms with van der Waals surface area (Å²) in [4.78, 5) is 22.4. The van der Waals surface area contributed by atoms with Crippen LogP contribution in [-0.2, 0) is 0 Å². The second kappa shape index (κ2) is 5.40. The van der Waals surface area contributed by atoms with Crippen LogP contribution in [0.2, 0.25) is 5.02 Å². The largest absolute Gasteiger partial charge is 0.478 e. The first-order valence-corrected chi connectivity index (χ1v) is 5.53. The van der Waals surface area contributed by atoms with Crippen molar-refractivity contribution in [1.82, 2.24) is 10.2 Å². The molecule has 0 aliphatic rings. The second-order valence-corrected chi connectivity index (χ2v) is 3.97. The van der Waals surface area contributed by atoms with E-state index in [0.717, 1.165) is 0 Å². The number of halogens is 1. The van der Waals surface area contributed by atoms with E-state index in [9.17, 15) is 9.59 Å². The van der Waals surface area contributed by atoms with Gasteiger partial charge in [0.25, 0.3) is 0 Å². The third kappa shape index (κ3) is 3.23. The number of carbonyl (C=O) groups is 2. The summed E-state index contributed by atoms with van der Waals surface area (Å²) in [5, 5.41) is 20.1. The SMILES string of the molecule is O=C(Nc1cn[nH]c1)Nc1ccc(C(=O)O)c(Cl)c1. The average molecular weight is 281 g/mol. The highest BCUT2D eigenvalue weighted by Crippen LogP contribution is 2.21. The third-order valence-corrected chi connectivity index (χ3v) is 2.53. The highest BCUT2D eigenvalue weighted by molar-refractivity contribution is 6.33. The molecule has 0 aliphatic heterocycles. The summed E-state index contributed by atoms with van der Waals surface area (Å²) in [6.45, 7) is 0. The molecule has 0 saturated heterocycles. The molecule has 1 heterocycles. The fraction of sp³-hybridized carbons (Fsp3) is 0. The van der Waals surface area contributed by atoms with E-state index < -0.39 is 12.0 Å². The summed E-state index contributed by atoms with van der Waals surface area (Å²) < 4.78 is 0. The van der Waals surface area contributed by atoms with Crippen LogP contribution in [0.15, 0.2) is 30.6 Å². The lowest BCUT2D eigenvalue weighted by Crippen LogP contribution is -2.19. The molecule has 0 atom stereocenters. The van der Waals surface area contributed by atoms with Gasteiger partial charge in [-0.05, 0) is 18.2 Å². The van der Waals surface area contributed by atoms with Crippen molar-refractivity contribution >= 4 is 35.0 Å². The first-order chi connectivity index (χ1) is 9.06. The summed E-state index contributed by atoms with van der Waals surface area (Å²) in [6, 6.07) is 3.64. The number of urea groups is 1. The van der Waals surface area contributed by atoms with Crippen LogP contribution in [0.4, 0.5) is 16.2 Å². The maximum atomic E-state index is 11.6. The van der Waals surface area contributed by atoms with E-state index >= 15 is 0 Å². The molecule has 0 unspecified atom stereocenters. The third-order valence-electron chi connectivity index (χ3n) is 2.21. The average Bonchev–Trinajstić information content (AvgIpc) is 2.81. The minimum Gasteiger partial charge on any atom is -0.478 e. The van der Waals surface area contributed by atoms with E-state index in [1.54, 1.807) is 0 Å². The van der Waals surface area contributed by atoms with Crippen molar-refractivity contribution < 1.29 is 14.7 Å². The number of H-pyrrole nitrogens is 1. The number of carbonyl (C=O) groups excluding carboxylic acids is 1. The Morgan fingerprint density at radius 2 is 2.00 bits per heavy atom. The number of anilines is 2. The van der Waals surface area contributed by atoms with E-state index in [1.165, 1.54) is 30.6 Å². The monoisotopic (exact) mass is 280 g/mol. The molecule has 1 aromatic heterocycles. The Balaban J connectivity index is 2.05. The minimum absolute atomic E-state index is 0.0255. The van der Waals surface area contributed by atoms with Crippen molar-refractivity contribution in [2.75, 3.05) is 10.6 Å². The topological polar surface area (TPSA) is 107 Å². The Morgan fingerprint density at radius 1 is 1.26 bits per heavy atom. The number of carboxylic acids is 1. The zero-order valence-corrected chi connectivity index (χ0v) is 10.2. The Kier molecular flexibility index (Phi) is 3.67. The number of aromatic carboxylic acids is 1. The number of aromatic amines is 1. The smallest absolute Gasteiger partial charge is 0.337 e. The standard InChI is InChI=1S/C11H9ClN4O3/c12-9-3-6(1-2-8(9)10(17)18)15-11(19)16-7-4-13-14-5-7/h1-5H,(H,13,14)(H,17,18)(H2,15,16,19). The number of rotatable bonds is 3. The zero-order valence-electron chi connectivity index (χ0n) is 9.48. The van der Waals surface area contributed by atoms with Crippen LogP contribution in [0, 0.1) is 0 Å². The molecule has 0 spiro atoms. The Labute approximate surface area is 112 Å². The normalized spacial score (nSPS) is 9.95. The predicted octanol–water partition coefficient (Wildman–Crippen LogP) is 2.41. The van der Waals surface area contributed by atoms with Gasteiger partial charge in [-0.3, -0.25) is 5.10 Å². The number of aromatic nitrogens is 2. The van der Waals surface area contributed by atoms with E-state index in [0.29, 0.717) is 11.4 Å². The number of amides is 2.